The molecule has 1 aromatic carbocycles. The Kier molecular flexibility index (Phi) is 9.08. The van der Waals surface area contributed by atoms with E-state index in [4.69, 9.17) is 9.94 Å². The van der Waals surface area contributed by atoms with Gasteiger partial charge < -0.3 is 9.64 Å². The van der Waals surface area contributed by atoms with Gasteiger partial charge in [-0.2, -0.15) is 0 Å². The van der Waals surface area contributed by atoms with Crippen molar-refractivity contribution in [2.24, 2.45) is 0 Å². The van der Waals surface area contributed by atoms with Crippen LogP contribution in [0, 0.1) is 0 Å². The third-order valence-electron chi connectivity index (χ3n) is 7.20. The van der Waals surface area contributed by atoms with Crippen LogP contribution in [0.25, 0.3) is 0 Å². The van der Waals surface area contributed by atoms with E-state index in [2.05, 4.69) is 57.4 Å². The summed E-state index contributed by atoms with van der Waals surface area (Å²) in [7, 11) is 1.78. The van der Waals surface area contributed by atoms with Gasteiger partial charge in [0.25, 0.3) is 5.91 Å². The molecule has 3 aliphatic rings. The van der Waals surface area contributed by atoms with Crippen LogP contribution in [0.5, 0.6) is 0 Å². The molecule has 34 heavy (non-hydrogen) atoms. The van der Waals surface area contributed by atoms with Crippen LogP contribution in [0.4, 0.5) is 5.69 Å². The number of nitrogens with zero attached hydrogens (tertiary/aromatic N) is 3. The van der Waals surface area contributed by atoms with Gasteiger partial charge in [0.15, 0.2) is 0 Å². The molecule has 1 fully saturated rings. The van der Waals surface area contributed by atoms with Crippen molar-refractivity contribution in [1.82, 2.24) is 14.7 Å². The van der Waals surface area contributed by atoms with Crippen molar-refractivity contribution in [3.05, 3.63) is 53.6 Å². The molecule has 2 N–H and O–H groups in total. The molecule has 186 valence electrons. The number of rotatable bonds is 8. The van der Waals surface area contributed by atoms with Crippen LogP contribution in [0.1, 0.15) is 37.7 Å². The molecule has 1 amide bonds. The molecule has 0 bridgehead atoms. The third kappa shape index (κ3) is 6.43. The zero-order valence-electron chi connectivity index (χ0n) is 20.4. The molecule has 0 saturated carbocycles. The average molecular weight is 487 g/mol. The summed E-state index contributed by atoms with van der Waals surface area (Å²) in [6.45, 7) is 8.90. The van der Waals surface area contributed by atoms with Crippen molar-refractivity contribution < 1.29 is 14.7 Å². The molecule has 0 spiro atoms. The molecule has 0 aromatic heterocycles. The Bertz CT molecular complexity index is 867. The van der Waals surface area contributed by atoms with E-state index in [0.29, 0.717) is 29.2 Å². The molecule has 0 radical (unpaired) electrons. The largest absolute Gasteiger partial charge is 0.383 e. The standard InChI is InChI=1S/C26H38N4O3S/c1-20(19-33-2)28-15-17-29(18-16-28)24-7-3-21(4-8-24)22-5-9-25(10-6-22)34-30-13-11-23(12-14-30)26(31)27-32/h3-5,7-9,11,20,22,25,32H,6,10,12-19H2,1-2H3,(H,27,31). The summed E-state index contributed by atoms with van der Waals surface area (Å²) < 4.78 is 7.63. The smallest absolute Gasteiger partial charge is 0.270 e. The van der Waals surface area contributed by atoms with Crippen molar-refractivity contribution in [2.45, 2.75) is 43.4 Å². The van der Waals surface area contributed by atoms with Crippen LogP contribution in [-0.2, 0) is 9.53 Å². The zero-order valence-corrected chi connectivity index (χ0v) is 21.2. The second kappa shape index (κ2) is 12.2. The first-order chi connectivity index (χ1) is 16.6. The molecule has 1 aliphatic carbocycles. The highest BCUT2D eigenvalue weighted by Crippen LogP contribution is 2.35. The van der Waals surface area contributed by atoms with Crippen LogP contribution >= 0.6 is 11.9 Å². The van der Waals surface area contributed by atoms with Crippen LogP contribution in [0.3, 0.4) is 0 Å². The Morgan fingerprint density at radius 1 is 1.15 bits per heavy atom. The summed E-state index contributed by atoms with van der Waals surface area (Å²) in [5.74, 6) is 0.105. The van der Waals surface area contributed by atoms with E-state index in [1.54, 1.807) is 12.6 Å². The highest BCUT2D eigenvalue weighted by molar-refractivity contribution is 7.97. The molecule has 1 aromatic rings. The number of carbonyl (C=O) groups is 1. The summed E-state index contributed by atoms with van der Waals surface area (Å²) >= 11 is 1.88. The number of methoxy groups -OCH3 is 1. The van der Waals surface area contributed by atoms with Crippen molar-refractivity contribution >= 4 is 23.5 Å². The van der Waals surface area contributed by atoms with Crippen molar-refractivity contribution in [2.75, 3.05) is 57.9 Å². The van der Waals surface area contributed by atoms with E-state index >= 15 is 0 Å². The highest BCUT2D eigenvalue weighted by Gasteiger charge is 2.24. The highest BCUT2D eigenvalue weighted by atomic mass is 32.2. The van der Waals surface area contributed by atoms with Gasteiger partial charge in [-0.1, -0.05) is 42.3 Å². The quantitative estimate of drug-likeness (QED) is 0.253. The van der Waals surface area contributed by atoms with Crippen molar-refractivity contribution in [3.8, 4) is 0 Å². The Morgan fingerprint density at radius 3 is 2.50 bits per heavy atom. The van der Waals surface area contributed by atoms with Crippen LogP contribution in [0.2, 0.25) is 0 Å². The first-order valence-corrected chi connectivity index (χ1v) is 13.2. The molecular formula is C26H38N4O3S. The molecule has 8 heteroatoms. The van der Waals surface area contributed by atoms with Crippen LogP contribution < -0.4 is 10.4 Å². The van der Waals surface area contributed by atoms with Gasteiger partial charge in [0, 0.05) is 74.8 Å². The second-order valence-corrected chi connectivity index (χ2v) is 10.8. The predicted molar refractivity (Wildman–Crippen MR) is 138 cm³/mol. The van der Waals surface area contributed by atoms with Gasteiger partial charge in [-0.25, -0.2) is 9.79 Å². The number of nitrogens with one attached hydrogen (secondary N) is 1. The minimum atomic E-state index is -0.380. The third-order valence-corrected chi connectivity index (χ3v) is 8.50. The minimum absolute atomic E-state index is 0.380. The lowest BCUT2D eigenvalue weighted by Crippen LogP contribution is -2.50. The van der Waals surface area contributed by atoms with Crippen molar-refractivity contribution in [1.29, 1.82) is 0 Å². The molecule has 1 saturated heterocycles. The van der Waals surface area contributed by atoms with E-state index in [1.807, 2.05) is 18.0 Å². The number of anilines is 1. The number of ether oxygens (including phenoxy) is 1. The van der Waals surface area contributed by atoms with Crippen molar-refractivity contribution in [3.63, 3.8) is 0 Å². The lowest BCUT2D eigenvalue weighted by Gasteiger charge is -2.39. The Hall–Kier alpha value is -1.84. The Balaban J connectivity index is 1.24. The molecule has 4 rings (SSSR count). The van der Waals surface area contributed by atoms with E-state index in [-0.39, 0.29) is 5.91 Å². The number of allylic oxidation sites excluding steroid dienone is 1. The van der Waals surface area contributed by atoms with Gasteiger partial charge in [0.2, 0.25) is 0 Å². The van der Waals surface area contributed by atoms with E-state index in [9.17, 15) is 4.79 Å². The molecule has 3 unspecified atom stereocenters. The normalized spacial score (nSPS) is 25.1. The Labute approximate surface area is 207 Å². The minimum Gasteiger partial charge on any atom is -0.383 e. The molecule has 3 atom stereocenters. The van der Waals surface area contributed by atoms with E-state index in [0.717, 1.165) is 58.7 Å². The van der Waals surface area contributed by atoms with Gasteiger partial charge in [0.1, 0.15) is 0 Å². The molecule has 2 heterocycles. The number of amides is 1. The first kappa shape index (κ1) is 25.3. The van der Waals surface area contributed by atoms with E-state index < -0.39 is 0 Å². The van der Waals surface area contributed by atoms with Gasteiger partial charge in [-0.05, 0) is 43.9 Å². The van der Waals surface area contributed by atoms with Gasteiger partial charge >= 0.3 is 0 Å². The average Bonchev–Trinajstić information content (AvgIpc) is 2.89. The number of benzene rings is 1. The van der Waals surface area contributed by atoms with Gasteiger partial charge in [-0.15, -0.1) is 0 Å². The number of hydroxylamine groups is 1. The second-order valence-electron chi connectivity index (χ2n) is 9.44. The van der Waals surface area contributed by atoms with Crippen LogP contribution in [-0.4, -0.2) is 84.6 Å². The first-order valence-electron chi connectivity index (χ1n) is 12.4. The maximum Gasteiger partial charge on any atom is 0.270 e. The fourth-order valence-corrected chi connectivity index (χ4v) is 6.22. The number of piperazine rings is 1. The summed E-state index contributed by atoms with van der Waals surface area (Å²) in [5, 5.41) is 9.26. The van der Waals surface area contributed by atoms with Crippen LogP contribution in [0.15, 0.2) is 48.1 Å². The Morgan fingerprint density at radius 2 is 1.91 bits per heavy atom. The fourth-order valence-electron chi connectivity index (χ4n) is 5.08. The maximum absolute atomic E-state index is 11.5. The molecule has 2 aliphatic heterocycles. The fraction of sp³-hybridized carbons (Fsp3) is 0.577. The number of hydrogen-bond donors (Lipinski definition) is 2. The lowest BCUT2D eigenvalue weighted by molar-refractivity contribution is -0.125. The predicted octanol–water partition coefficient (Wildman–Crippen LogP) is 3.43. The maximum atomic E-state index is 11.5. The number of hydrogen-bond acceptors (Lipinski definition) is 7. The number of carbonyl (C=O) groups excluding carboxylic acids is 1. The zero-order chi connectivity index (χ0) is 23.9. The monoisotopic (exact) mass is 486 g/mol. The lowest BCUT2D eigenvalue weighted by atomic mass is 9.89. The molecular weight excluding hydrogens is 448 g/mol. The SMILES string of the molecule is COCC(C)N1CCN(c2ccc(C3C=CC(SN4CC=C(C(=O)NO)CC4)CC3)cc2)CC1. The summed E-state index contributed by atoms with van der Waals surface area (Å²) in [5.41, 5.74) is 5.12. The van der Waals surface area contributed by atoms with Gasteiger partial charge in [0.05, 0.1) is 6.61 Å². The summed E-state index contributed by atoms with van der Waals surface area (Å²) in [6.07, 6.45) is 9.62. The molecule has 7 nitrogen and oxygen atoms in total. The summed E-state index contributed by atoms with van der Waals surface area (Å²) in [4.78, 5) is 16.5. The summed E-state index contributed by atoms with van der Waals surface area (Å²) in [6, 6.07) is 9.67. The topological polar surface area (TPSA) is 68.3 Å². The van der Waals surface area contributed by atoms with E-state index in [1.165, 1.54) is 11.3 Å². The van der Waals surface area contributed by atoms with Gasteiger partial charge in [-0.3, -0.25) is 14.9 Å².